The van der Waals surface area contributed by atoms with Crippen molar-refractivity contribution in [3.05, 3.63) is 48.1 Å². The first-order chi connectivity index (χ1) is 5.45. The molecule has 0 aromatic rings. The van der Waals surface area contributed by atoms with Crippen LogP contribution in [-0.4, -0.2) is 0 Å². The van der Waals surface area contributed by atoms with Gasteiger partial charge in [-0.25, -0.2) is 5.57 Å². The predicted molar refractivity (Wildman–Crippen MR) is 64.1 cm³/mol. The van der Waals surface area contributed by atoms with Crippen LogP contribution in [0.3, 0.4) is 0 Å². The second kappa shape index (κ2) is 9.03. The topological polar surface area (TPSA) is 39.4 Å². The Morgan fingerprint density at radius 2 is 1.40 bits per heavy atom. The van der Waals surface area contributed by atoms with Crippen molar-refractivity contribution < 1.29 is 21.1 Å². The average Bonchev–Trinajstić information content (AvgIpc) is 2.19. The van der Waals surface area contributed by atoms with Crippen molar-refractivity contribution >= 4 is 0 Å². The second-order valence-electron chi connectivity index (χ2n) is 3.62. The van der Waals surface area contributed by atoms with Crippen molar-refractivity contribution in [3.8, 4) is 0 Å². The van der Waals surface area contributed by atoms with Crippen LogP contribution in [-0.2, 0) is 21.1 Å². The predicted octanol–water partition coefficient (Wildman–Crippen LogP) is 4.33. The Kier molecular flexibility index (Phi) is 14.5. The Balaban J connectivity index is -0.000000114. The summed E-state index contributed by atoms with van der Waals surface area (Å²) < 4.78 is 0. The first-order valence-electron chi connectivity index (χ1n) is 3.93. The van der Waals surface area contributed by atoms with Crippen LogP contribution < -0.4 is 0 Å². The van der Waals surface area contributed by atoms with Gasteiger partial charge in [0.2, 0.25) is 0 Å². The molecule has 0 unspecified atom stereocenters. The van der Waals surface area contributed by atoms with Gasteiger partial charge in [-0.3, -0.25) is 6.08 Å². The largest absolute Gasteiger partial charge is 0.577 e. The summed E-state index contributed by atoms with van der Waals surface area (Å²) in [4.78, 5) is 7.25. The van der Waals surface area contributed by atoms with Gasteiger partial charge in [-0.15, -0.1) is 6.92 Å². The molecule has 0 bridgehead atoms. The van der Waals surface area contributed by atoms with Gasteiger partial charge in [-0.2, -0.15) is 11.1 Å². The molecular formula is C12H21NOW-4. The van der Waals surface area contributed by atoms with Crippen LogP contribution in [0.2, 0.25) is 0 Å². The molecule has 0 saturated carbocycles. The maximum atomic E-state index is 7.25. The molecule has 1 aliphatic carbocycles. The minimum atomic E-state index is 0. The van der Waals surface area contributed by atoms with Crippen LogP contribution in [0.4, 0.5) is 0 Å². The third-order valence-electron chi connectivity index (χ3n) is 2.56. The van der Waals surface area contributed by atoms with E-state index < -0.39 is 0 Å². The molecule has 0 aromatic heterocycles. The molecule has 0 N–H and O–H groups in total. The number of nitrogens with zero attached hydrogens (tertiary/aromatic N) is 1. The number of nitroso groups, excluding NO2 is 1. The van der Waals surface area contributed by atoms with Crippen LogP contribution in [0.15, 0.2) is 16.7 Å². The SMILES string of the molecule is CC1=[C-]C(C)(C)C(C)=C1C.[CH3-].[CH3-].[N-]=O.[W]. The number of rotatable bonds is 0. The van der Waals surface area contributed by atoms with E-state index in [2.05, 4.69) is 40.7 Å². The maximum Gasteiger partial charge on any atom is 0 e. The zero-order valence-electron chi connectivity index (χ0n) is 10.8. The van der Waals surface area contributed by atoms with Crippen LogP contribution in [0.25, 0.3) is 5.59 Å². The van der Waals surface area contributed by atoms with Gasteiger partial charge in [-0.1, -0.05) is 33.1 Å². The van der Waals surface area contributed by atoms with Crippen molar-refractivity contribution in [1.82, 2.24) is 0 Å². The normalized spacial score (nSPS) is 15.9. The fourth-order valence-electron chi connectivity index (χ4n) is 1.41. The molecule has 0 saturated heterocycles. The van der Waals surface area contributed by atoms with Gasteiger partial charge in [0.25, 0.3) is 0 Å². The van der Waals surface area contributed by atoms with Crippen molar-refractivity contribution in [2.45, 2.75) is 34.6 Å². The molecule has 3 heteroatoms. The van der Waals surface area contributed by atoms with E-state index in [4.69, 9.17) is 10.5 Å². The average molecular weight is 379 g/mol. The van der Waals surface area contributed by atoms with Gasteiger partial charge in [0.05, 0.1) is 0 Å². The van der Waals surface area contributed by atoms with Gasteiger partial charge in [0.15, 0.2) is 0 Å². The second-order valence-corrected chi connectivity index (χ2v) is 3.62. The van der Waals surface area contributed by atoms with Gasteiger partial charge >= 0.3 is 0 Å². The van der Waals surface area contributed by atoms with Crippen molar-refractivity contribution in [1.29, 1.82) is 0 Å². The van der Waals surface area contributed by atoms with E-state index >= 15 is 0 Å². The molecular weight excluding hydrogens is 358 g/mol. The van der Waals surface area contributed by atoms with E-state index in [0.29, 0.717) is 0 Å². The smallest absolute Gasteiger partial charge is 0 e. The molecule has 15 heavy (non-hydrogen) atoms. The standard InChI is InChI=1S/C10H15.2CH3.NO.W/c1-7-6-10(4,5)9(3)8(7)2;;;1-2;/h1-5H3;2*1H3;;/q4*-1;. The van der Waals surface area contributed by atoms with Gasteiger partial charge in [0, 0.05) is 21.1 Å². The summed E-state index contributed by atoms with van der Waals surface area (Å²) in [5, 5.41) is 0. The van der Waals surface area contributed by atoms with Crippen molar-refractivity contribution in [2.75, 3.05) is 0 Å². The molecule has 1 rings (SSSR count). The summed E-state index contributed by atoms with van der Waals surface area (Å²) in [5.74, 6) is 0. The molecule has 0 fully saturated rings. The first-order valence-corrected chi connectivity index (χ1v) is 3.93. The summed E-state index contributed by atoms with van der Waals surface area (Å²) in [6.45, 7) is 10.9. The zero-order chi connectivity index (χ0) is 9.94. The van der Waals surface area contributed by atoms with E-state index in [1.165, 1.54) is 16.7 Å². The Morgan fingerprint density at radius 1 is 1.07 bits per heavy atom. The van der Waals surface area contributed by atoms with Crippen LogP contribution in [0.5, 0.6) is 0 Å². The molecule has 0 amide bonds. The number of allylic oxidation sites excluding steroid dienone is 4. The molecule has 90 valence electrons. The van der Waals surface area contributed by atoms with Crippen LogP contribution >= 0.6 is 0 Å². The molecule has 0 spiro atoms. The van der Waals surface area contributed by atoms with Crippen molar-refractivity contribution in [3.63, 3.8) is 0 Å². The van der Waals surface area contributed by atoms with E-state index in [1.54, 1.807) is 0 Å². The minimum Gasteiger partial charge on any atom is -0.577 e. The fraction of sp³-hybridized carbons (Fsp3) is 0.500. The van der Waals surface area contributed by atoms with E-state index in [9.17, 15) is 0 Å². The number of hydrogen-bond acceptors (Lipinski definition) is 1. The van der Waals surface area contributed by atoms with E-state index in [0.717, 1.165) is 0 Å². The quantitative estimate of drug-likeness (QED) is 0.578. The van der Waals surface area contributed by atoms with E-state index in [-0.39, 0.29) is 41.3 Å². The molecule has 0 aromatic carbocycles. The summed E-state index contributed by atoms with van der Waals surface area (Å²) in [7, 11) is 0. The minimum absolute atomic E-state index is 0. The third-order valence-corrected chi connectivity index (χ3v) is 2.56. The Bertz CT molecular complexity index is 242. The fourth-order valence-corrected chi connectivity index (χ4v) is 1.41. The van der Waals surface area contributed by atoms with Gasteiger partial charge in [0.1, 0.15) is 0 Å². The Hall–Kier alpha value is -0.232. The number of hydrogen-bond donors (Lipinski definition) is 0. The molecule has 0 aliphatic heterocycles. The molecule has 0 atom stereocenters. The molecule has 1 aliphatic rings. The first kappa shape index (κ1) is 24.1. The Labute approximate surface area is 109 Å². The van der Waals surface area contributed by atoms with Crippen molar-refractivity contribution in [2.24, 2.45) is 5.41 Å². The van der Waals surface area contributed by atoms with Gasteiger partial charge in [-0.05, 0) is 0 Å². The van der Waals surface area contributed by atoms with E-state index in [1.807, 2.05) is 0 Å². The summed E-state index contributed by atoms with van der Waals surface area (Å²) in [5.41, 5.74) is 10.1. The third kappa shape index (κ3) is 5.41. The summed E-state index contributed by atoms with van der Waals surface area (Å²) in [6, 6.07) is 0. The molecule has 0 radical (unpaired) electrons. The van der Waals surface area contributed by atoms with Crippen LogP contribution in [0, 0.1) is 31.3 Å². The maximum absolute atomic E-state index is 7.25. The summed E-state index contributed by atoms with van der Waals surface area (Å²) >= 11 is 0. The molecule has 0 heterocycles. The molecule has 2 nitrogen and oxygen atoms in total. The van der Waals surface area contributed by atoms with Crippen LogP contribution in [0.1, 0.15) is 34.6 Å². The Morgan fingerprint density at radius 3 is 1.47 bits per heavy atom. The van der Waals surface area contributed by atoms with Gasteiger partial charge < -0.3 is 25.4 Å². The summed E-state index contributed by atoms with van der Waals surface area (Å²) in [6.07, 6.45) is 3.44. The zero-order valence-corrected chi connectivity index (χ0v) is 13.7. The monoisotopic (exact) mass is 379 g/mol.